The van der Waals surface area contributed by atoms with E-state index in [1.165, 1.54) is 0 Å². The Morgan fingerprint density at radius 1 is 1.15 bits per heavy atom. The van der Waals surface area contributed by atoms with Gasteiger partial charge in [0.05, 0.1) is 10.6 Å². The molecule has 0 aromatic carbocycles. The van der Waals surface area contributed by atoms with Gasteiger partial charge in [0.25, 0.3) is 0 Å². The molecule has 1 amide bonds. The lowest BCUT2D eigenvalue weighted by atomic mass is 10.2. The molecule has 140 valence electrons. The van der Waals surface area contributed by atoms with Gasteiger partial charge in [0.2, 0.25) is 17.6 Å². The quantitative estimate of drug-likeness (QED) is 0.651. The summed E-state index contributed by atoms with van der Waals surface area (Å²) in [5, 5.41) is 5.96. The maximum atomic E-state index is 12.5. The number of aromatic nitrogens is 3. The van der Waals surface area contributed by atoms with E-state index < -0.39 is 0 Å². The van der Waals surface area contributed by atoms with Gasteiger partial charge >= 0.3 is 0 Å². The molecule has 3 aromatic heterocycles. The van der Waals surface area contributed by atoms with E-state index in [1.54, 1.807) is 11.3 Å². The van der Waals surface area contributed by atoms with E-state index in [-0.39, 0.29) is 5.91 Å². The summed E-state index contributed by atoms with van der Waals surface area (Å²) in [6.07, 6.45) is 2.69. The fourth-order valence-electron chi connectivity index (χ4n) is 3.11. The summed E-state index contributed by atoms with van der Waals surface area (Å²) in [4.78, 5) is 26.4. The van der Waals surface area contributed by atoms with Crippen molar-refractivity contribution in [1.29, 1.82) is 0 Å². The van der Waals surface area contributed by atoms with Crippen molar-refractivity contribution in [2.75, 3.05) is 26.2 Å². The Bertz CT molecular complexity index is 857. The van der Waals surface area contributed by atoms with Gasteiger partial charge in [-0.1, -0.05) is 17.3 Å². The minimum Gasteiger partial charge on any atom is -0.340 e. The Kier molecular flexibility index (Phi) is 5.55. The van der Waals surface area contributed by atoms with E-state index in [9.17, 15) is 4.79 Å². The van der Waals surface area contributed by atoms with Gasteiger partial charge in [0.15, 0.2) is 0 Å². The summed E-state index contributed by atoms with van der Waals surface area (Å²) in [5.41, 5.74) is 1.07. The van der Waals surface area contributed by atoms with Crippen LogP contribution >= 0.6 is 11.3 Å². The average molecular weight is 383 g/mol. The molecule has 0 saturated carbocycles. The van der Waals surface area contributed by atoms with Crippen LogP contribution in [-0.2, 0) is 17.8 Å². The second kappa shape index (κ2) is 8.41. The third-order valence-electron chi connectivity index (χ3n) is 4.60. The van der Waals surface area contributed by atoms with Crippen molar-refractivity contribution in [3.63, 3.8) is 0 Å². The Balaban J connectivity index is 1.23. The lowest BCUT2D eigenvalue weighted by molar-refractivity contribution is -0.133. The third kappa shape index (κ3) is 4.58. The van der Waals surface area contributed by atoms with E-state index in [0.29, 0.717) is 24.6 Å². The van der Waals surface area contributed by atoms with Gasteiger partial charge in [-0.05, 0) is 23.6 Å². The first-order valence-corrected chi connectivity index (χ1v) is 9.92. The zero-order chi connectivity index (χ0) is 18.5. The van der Waals surface area contributed by atoms with Crippen molar-refractivity contribution in [1.82, 2.24) is 24.9 Å². The van der Waals surface area contributed by atoms with Gasteiger partial charge in [-0.25, -0.2) is 0 Å². The molecule has 0 atom stereocenters. The molecule has 0 N–H and O–H groups in total. The molecule has 1 fully saturated rings. The molecule has 0 radical (unpaired) electrons. The second-order valence-electron chi connectivity index (χ2n) is 6.47. The van der Waals surface area contributed by atoms with Crippen molar-refractivity contribution < 1.29 is 9.32 Å². The van der Waals surface area contributed by atoms with Crippen molar-refractivity contribution in [3.05, 3.63) is 53.5 Å². The Labute approximate surface area is 161 Å². The molecule has 0 spiro atoms. The monoisotopic (exact) mass is 383 g/mol. The Hall–Kier alpha value is -2.58. The minimum atomic E-state index is 0.142. The summed E-state index contributed by atoms with van der Waals surface area (Å²) in [6, 6.07) is 9.87. The molecule has 1 saturated heterocycles. The highest BCUT2D eigenvalue weighted by Gasteiger charge is 2.22. The predicted octanol–water partition coefficient (Wildman–Crippen LogP) is 2.47. The van der Waals surface area contributed by atoms with Crippen LogP contribution in [0, 0.1) is 0 Å². The summed E-state index contributed by atoms with van der Waals surface area (Å²) in [7, 11) is 0. The van der Waals surface area contributed by atoms with E-state index in [0.717, 1.165) is 43.3 Å². The molecule has 4 heterocycles. The summed E-state index contributed by atoms with van der Waals surface area (Å²) >= 11 is 1.57. The smallest absolute Gasteiger partial charge is 0.227 e. The molecular weight excluding hydrogens is 362 g/mol. The largest absolute Gasteiger partial charge is 0.340 e. The predicted molar refractivity (Wildman–Crippen MR) is 102 cm³/mol. The number of amides is 1. The van der Waals surface area contributed by atoms with Crippen LogP contribution in [0.5, 0.6) is 0 Å². The number of rotatable bonds is 6. The summed E-state index contributed by atoms with van der Waals surface area (Å²) in [6.45, 7) is 4.05. The fraction of sp³-hybridized carbons (Fsp3) is 0.368. The number of hydrogen-bond donors (Lipinski definition) is 0. The van der Waals surface area contributed by atoms with Crippen LogP contribution in [0.2, 0.25) is 0 Å². The number of nitrogens with zero attached hydrogens (tertiary/aromatic N) is 5. The summed E-state index contributed by atoms with van der Waals surface area (Å²) < 4.78 is 5.27. The first kappa shape index (κ1) is 17.8. The molecule has 27 heavy (non-hydrogen) atoms. The highest BCUT2D eigenvalue weighted by Crippen LogP contribution is 2.21. The van der Waals surface area contributed by atoms with Gasteiger partial charge in [-0.2, -0.15) is 4.98 Å². The lowest BCUT2D eigenvalue weighted by Crippen LogP contribution is -2.48. The average Bonchev–Trinajstić information content (AvgIpc) is 3.39. The van der Waals surface area contributed by atoms with Crippen molar-refractivity contribution in [3.8, 4) is 10.7 Å². The van der Waals surface area contributed by atoms with Gasteiger partial charge in [0.1, 0.15) is 0 Å². The molecular formula is C19H21N5O2S. The maximum absolute atomic E-state index is 12.5. The van der Waals surface area contributed by atoms with Gasteiger partial charge in [-0.15, -0.1) is 11.3 Å². The highest BCUT2D eigenvalue weighted by molar-refractivity contribution is 7.13. The number of pyridine rings is 1. The van der Waals surface area contributed by atoms with Crippen molar-refractivity contribution in [2.45, 2.75) is 19.4 Å². The van der Waals surface area contributed by atoms with E-state index in [2.05, 4.69) is 20.0 Å². The normalized spacial score (nSPS) is 15.2. The molecule has 7 nitrogen and oxygen atoms in total. The van der Waals surface area contributed by atoms with E-state index >= 15 is 0 Å². The van der Waals surface area contributed by atoms with Crippen molar-refractivity contribution >= 4 is 17.2 Å². The molecule has 1 aliphatic heterocycles. The van der Waals surface area contributed by atoms with Crippen LogP contribution in [0.1, 0.15) is 18.0 Å². The number of carbonyl (C=O) groups excluding carboxylic acids is 1. The molecule has 0 unspecified atom stereocenters. The zero-order valence-electron chi connectivity index (χ0n) is 15.0. The Morgan fingerprint density at radius 2 is 2.04 bits per heavy atom. The van der Waals surface area contributed by atoms with E-state index in [4.69, 9.17) is 4.52 Å². The van der Waals surface area contributed by atoms with Crippen LogP contribution in [0.3, 0.4) is 0 Å². The minimum absolute atomic E-state index is 0.142. The first-order chi connectivity index (χ1) is 13.3. The van der Waals surface area contributed by atoms with Gasteiger partial charge in [-0.3, -0.25) is 14.7 Å². The van der Waals surface area contributed by atoms with Crippen LogP contribution in [0.4, 0.5) is 0 Å². The van der Waals surface area contributed by atoms with Gasteiger partial charge in [0, 0.05) is 51.8 Å². The molecule has 3 aromatic rings. The van der Waals surface area contributed by atoms with E-state index in [1.807, 2.05) is 46.8 Å². The SMILES string of the molecule is O=C(CCc1nc(-c2cccs2)no1)N1CCN(Cc2ccccn2)CC1. The molecule has 0 aliphatic carbocycles. The number of aryl methyl sites for hydroxylation is 1. The number of hydrogen-bond acceptors (Lipinski definition) is 7. The van der Waals surface area contributed by atoms with Crippen LogP contribution in [-0.4, -0.2) is 57.0 Å². The highest BCUT2D eigenvalue weighted by atomic mass is 32.1. The zero-order valence-corrected chi connectivity index (χ0v) is 15.8. The lowest BCUT2D eigenvalue weighted by Gasteiger charge is -2.34. The number of carbonyl (C=O) groups is 1. The molecule has 1 aliphatic rings. The maximum Gasteiger partial charge on any atom is 0.227 e. The number of thiophene rings is 1. The Morgan fingerprint density at radius 3 is 2.78 bits per heavy atom. The number of piperazine rings is 1. The standard InChI is InChI=1S/C19H21N5O2S/c25-18(7-6-17-21-19(22-26-17)16-5-3-13-27-16)24-11-9-23(10-12-24)14-15-4-1-2-8-20-15/h1-5,8,13H,6-7,9-12,14H2. The van der Waals surface area contributed by atoms with Gasteiger partial charge < -0.3 is 9.42 Å². The molecule has 8 heteroatoms. The summed E-state index contributed by atoms with van der Waals surface area (Å²) in [5.74, 6) is 1.25. The van der Waals surface area contributed by atoms with Crippen molar-refractivity contribution in [2.24, 2.45) is 0 Å². The fourth-order valence-corrected chi connectivity index (χ4v) is 3.76. The van der Waals surface area contributed by atoms with Crippen LogP contribution in [0.15, 0.2) is 46.4 Å². The third-order valence-corrected chi connectivity index (χ3v) is 5.46. The van der Waals surface area contributed by atoms with Crippen LogP contribution < -0.4 is 0 Å². The molecule has 4 rings (SSSR count). The molecule has 0 bridgehead atoms. The topological polar surface area (TPSA) is 75.4 Å². The van der Waals surface area contributed by atoms with Crippen LogP contribution in [0.25, 0.3) is 10.7 Å². The first-order valence-electron chi connectivity index (χ1n) is 9.04. The second-order valence-corrected chi connectivity index (χ2v) is 7.41.